The minimum absolute atomic E-state index is 0.740. The minimum Gasteiger partial charge on any atom is -0.381 e. The Labute approximate surface area is 121 Å². The Morgan fingerprint density at radius 1 is 0.737 bits per heavy atom. The Balaban J connectivity index is 3.58. The van der Waals surface area contributed by atoms with Crippen molar-refractivity contribution in [1.82, 2.24) is 5.32 Å². The monoisotopic (exact) mass is 271 g/mol. The van der Waals surface area contributed by atoms with Gasteiger partial charge in [0.2, 0.25) is 0 Å². The van der Waals surface area contributed by atoms with Crippen LogP contribution in [-0.2, 0) is 4.74 Å². The number of rotatable bonds is 15. The molecule has 0 saturated carbocycles. The maximum atomic E-state index is 5.52. The molecule has 0 atom stereocenters. The molecule has 1 N–H and O–H groups in total. The third-order valence-electron chi connectivity index (χ3n) is 3.56. The van der Waals surface area contributed by atoms with Crippen LogP contribution >= 0.6 is 0 Å². The van der Waals surface area contributed by atoms with Gasteiger partial charge in [-0.2, -0.15) is 0 Å². The SMILES string of the molecule is CCCCCC(CCCCC)NCCCOCCC. The van der Waals surface area contributed by atoms with Crippen LogP contribution in [0.1, 0.15) is 85.0 Å². The second-order valence-electron chi connectivity index (χ2n) is 5.61. The summed E-state index contributed by atoms with van der Waals surface area (Å²) in [7, 11) is 0. The average Bonchev–Trinajstić information content (AvgIpc) is 2.42. The lowest BCUT2D eigenvalue weighted by atomic mass is 10.0. The van der Waals surface area contributed by atoms with Gasteiger partial charge in [0.15, 0.2) is 0 Å². The van der Waals surface area contributed by atoms with Gasteiger partial charge in [0, 0.05) is 19.3 Å². The van der Waals surface area contributed by atoms with Crippen molar-refractivity contribution >= 4 is 0 Å². The first-order chi connectivity index (χ1) is 9.35. The molecule has 116 valence electrons. The molecule has 0 aliphatic heterocycles. The summed E-state index contributed by atoms with van der Waals surface area (Å²) < 4.78 is 5.52. The van der Waals surface area contributed by atoms with Crippen molar-refractivity contribution in [3.8, 4) is 0 Å². The van der Waals surface area contributed by atoms with Crippen molar-refractivity contribution in [2.45, 2.75) is 91.0 Å². The van der Waals surface area contributed by atoms with Crippen molar-refractivity contribution in [3.63, 3.8) is 0 Å². The molecule has 0 fully saturated rings. The van der Waals surface area contributed by atoms with Gasteiger partial charge in [-0.15, -0.1) is 0 Å². The van der Waals surface area contributed by atoms with E-state index < -0.39 is 0 Å². The van der Waals surface area contributed by atoms with E-state index in [4.69, 9.17) is 4.74 Å². The Morgan fingerprint density at radius 2 is 1.37 bits per heavy atom. The van der Waals surface area contributed by atoms with Crippen LogP contribution in [0.25, 0.3) is 0 Å². The molecule has 0 amide bonds. The van der Waals surface area contributed by atoms with E-state index in [0.717, 1.165) is 38.6 Å². The summed E-state index contributed by atoms with van der Waals surface area (Å²) in [4.78, 5) is 0. The van der Waals surface area contributed by atoms with E-state index in [1.54, 1.807) is 0 Å². The van der Waals surface area contributed by atoms with E-state index in [0.29, 0.717) is 0 Å². The Kier molecular flexibility index (Phi) is 15.9. The molecule has 0 aliphatic carbocycles. The molecule has 0 rings (SSSR count). The number of hydrogen-bond donors (Lipinski definition) is 1. The van der Waals surface area contributed by atoms with Crippen LogP contribution in [0.3, 0.4) is 0 Å². The van der Waals surface area contributed by atoms with E-state index in [9.17, 15) is 0 Å². The molecule has 0 unspecified atom stereocenters. The van der Waals surface area contributed by atoms with Crippen molar-refractivity contribution in [2.75, 3.05) is 19.8 Å². The highest BCUT2D eigenvalue weighted by molar-refractivity contribution is 4.67. The minimum atomic E-state index is 0.740. The quantitative estimate of drug-likeness (QED) is 0.427. The lowest BCUT2D eigenvalue weighted by molar-refractivity contribution is 0.131. The second-order valence-corrected chi connectivity index (χ2v) is 5.61. The van der Waals surface area contributed by atoms with E-state index >= 15 is 0 Å². The second kappa shape index (κ2) is 16.0. The standard InChI is InChI=1S/C17H37NO/c1-4-7-9-12-17(13-10-8-5-2)18-14-11-16-19-15-6-3/h17-18H,4-16H2,1-3H3. The van der Waals surface area contributed by atoms with Gasteiger partial charge in [0.1, 0.15) is 0 Å². The van der Waals surface area contributed by atoms with Crippen LogP contribution in [0, 0.1) is 0 Å². The fraction of sp³-hybridized carbons (Fsp3) is 1.00. The summed E-state index contributed by atoms with van der Waals surface area (Å²) in [5.41, 5.74) is 0. The van der Waals surface area contributed by atoms with Crippen molar-refractivity contribution in [1.29, 1.82) is 0 Å². The van der Waals surface area contributed by atoms with Gasteiger partial charge in [0.05, 0.1) is 0 Å². The molecular weight excluding hydrogens is 234 g/mol. The number of ether oxygens (including phenoxy) is 1. The van der Waals surface area contributed by atoms with Crippen LogP contribution in [0.4, 0.5) is 0 Å². The van der Waals surface area contributed by atoms with E-state index in [1.807, 2.05) is 0 Å². The lowest BCUT2D eigenvalue weighted by Crippen LogP contribution is -2.30. The third-order valence-corrected chi connectivity index (χ3v) is 3.56. The van der Waals surface area contributed by atoms with Crippen molar-refractivity contribution in [3.05, 3.63) is 0 Å². The third kappa shape index (κ3) is 14.1. The summed E-state index contributed by atoms with van der Waals surface area (Å²) in [5, 5.41) is 3.73. The van der Waals surface area contributed by atoms with Crippen LogP contribution in [0.2, 0.25) is 0 Å². The molecule has 2 heteroatoms. The van der Waals surface area contributed by atoms with Crippen LogP contribution in [0.15, 0.2) is 0 Å². The topological polar surface area (TPSA) is 21.3 Å². The summed E-state index contributed by atoms with van der Waals surface area (Å²) in [6.45, 7) is 9.67. The summed E-state index contributed by atoms with van der Waals surface area (Å²) >= 11 is 0. The molecule has 0 aliphatic rings. The van der Waals surface area contributed by atoms with Gasteiger partial charge >= 0.3 is 0 Å². The molecule has 0 spiro atoms. The van der Waals surface area contributed by atoms with E-state index in [1.165, 1.54) is 51.4 Å². The molecule has 0 saturated heterocycles. The zero-order valence-corrected chi connectivity index (χ0v) is 13.7. The van der Waals surface area contributed by atoms with Gasteiger partial charge in [-0.05, 0) is 32.2 Å². The molecule has 0 radical (unpaired) electrons. The predicted octanol–water partition coefficient (Wildman–Crippen LogP) is 4.92. The normalized spacial score (nSPS) is 11.4. The van der Waals surface area contributed by atoms with Gasteiger partial charge in [-0.25, -0.2) is 0 Å². The van der Waals surface area contributed by atoms with E-state index in [-0.39, 0.29) is 0 Å². The molecule has 2 nitrogen and oxygen atoms in total. The number of hydrogen-bond acceptors (Lipinski definition) is 2. The summed E-state index contributed by atoms with van der Waals surface area (Å²) in [6.07, 6.45) is 13.2. The largest absolute Gasteiger partial charge is 0.381 e. The molecule has 0 aromatic rings. The predicted molar refractivity (Wildman–Crippen MR) is 85.8 cm³/mol. The molecular formula is C17H37NO. The Morgan fingerprint density at radius 3 is 1.89 bits per heavy atom. The highest BCUT2D eigenvalue weighted by atomic mass is 16.5. The summed E-state index contributed by atoms with van der Waals surface area (Å²) in [5.74, 6) is 0. The maximum absolute atomic E-state index is 5.52. The zero-order chi connectivity index (χ0) is 14.2. The van der Waals surface area contributed by atoms with Gasteiger partial charge in [-0.1, -0.05) is 59.3 Å². The molecule has 0 aromatic carbocycles. The number of unbranched alkanes of at least 4 members (excludes halogenated alkanes) is 4. The molecule has 19 heavy (non-hydrogen) atoms. The Hall–Kier alpha value is -0.0800. The first-order valence-electron chi connectivity index (χ1n) is 8.66. The van der Waals surface area contributed by atoms with Crippen LogP contribution < -0.4 is 5.32 Å². The first-order valence-corrected chi connectivity index (χ1v) is 8.66. The zero-order valence-electron chi connectivity index (χ0n) is 13.7. The fourth-order valence-corrected chi connectivity index (χ4v) is 2.36. The van der Waals surface area contributed by atoms with E-state index in [2.05, 4.69) is 26.1 Å². The van der Waals surface area contributed by atoms with Gasteiger partial charge in [0.25, 0.3) is 0 Å². The van der Waals surface area contributed by atoms with Crippen LogP contribution in [0.5, 0.6) is 0 Å². The smallest absolute Gasteiger partial charge is 0.0478 e. The van der Waals surface area contributed by atoms with Crippen molar-refractivity contribution < 1.29 is 4.74 Å². The Bertz CT molecular complexity index is 151. The molecule has 0 heterocycles. The maximum Gasteiger partial charge on any atom is 0.0478 e. The first kappa shape index (κ1) is 18.9. The van der Waals surface area contributed by atoms with Crippen molar-refractivity contribution in [2.24, 2.45) is 0 Å². The lowest BCUT2D eigenvalue weighted by Gasteiger charge is -2.18. The fourth-order valence-electron chi connectivity index (χ4n) is 2.36. The number of nitrogens with one attached hydrogen (secondary N) is 1. The highest BCUT2D eigenvalue weighted by Gasteiger charge is 2.06. The molecule has 0 bridgehead atoms. The summed E-state index contributed by atoms with van der Waals surface area (Å²) in [6, 6.07) is 0.740. The van der Waals surface area contributed by atoms with Gasteiger partial charge in [-0.3, -0.25) is 0 Å². The molecule has 0 aromatic heterocycles. The van der Waals surface area contributed by atoms with Gasteiger partial charge < -0.3 is 10.1 Å². The average molecular weight is 271 g/mol. The highest BCUT2D eigenvalue weighted by Crippen LogP contribution is 2.11. The van der Waals surface area contributed by atoms with Crippen LogP contribution in [-0.4, -0.2) is 25.8 Å².